The lowest BCUT2D eigenvalue weighted by atomic mass is 9.95. The van der Waals surface area contributed by atoms with Gasteiger partial charge in [-0.05, 0) is 31.6 Å². The summed E-state index contributed by atoms with van der Waals surface area (Å²) in [5.41, 5.74) is -0.999. The summed E-state index contributed by atoms with van der Waals surface area (Å²) in [6.07, 6.45) is 5.88. The molecule has 0 spiro atoms. The van der Waals surface area contributed by atoms with Gasteiger partial charge in [-0.15, -0.1) is 0 Å². The van der Waals surface area contributed by atoms with E-state index in [1.807, 2.05) is 0 Å². The van der Waals surface area contributed by atoms with Gasteiger partial charge in [0.1, 0.15) is 0 Å². The molecule has 192 valence electrons. The van der Waals surface area contributed by atoms with Crippen LogP contribution in [0.4, 0.5) is 8.78 Å². The van der Waals surface area contributed by atoms with Crippen molar-refractivity contribution in [3.8, 4) is 0 Å². The maximum atomic E-state index is 14.1. The fourth-order valence-corrected chi connectivity index (χ4v) is 5.12. The number of rotatable bonds is 10. The molecule has 11 heteroatoms. The minimum absolute atomic E-state index is 0.0166. The predicted octanol–water partition coefficient (Wildman–Crippen LogP) is 4.92. The van der Waals surface area contributed by atoms with Gasteiger partial charge in [-0.25, -0.2) is 8.78 Å². The van der Waals surface area contributed by atoms with E-state index in [4.69, 9.17) is 33.3 Å². The standard InChI is InChI=1S/C24H30Cl2F2N4O3/c25-18-11-30-12-19(26)21(18)20(33)14-32(13-15-6-8-35-9-7-15)24(34)17(10-29)22(23(27)28)31-16-4-2-1-3-5-16/h10-12,15-16,23,29,31H,1-9,13-14H2/b22-17+,29-10?. The van der Waals surface area contributed by atoms with Gasteiger partial charge in [0.25, 0.3) is 12.3 Å². The van der Waals surface area contributed by atoms with Gasteiger partial charge in [0.05, 0.1) is 33.4 Å². The molecule has 2 N–H and O–H groups in total. The van der Waals surface area contributed by atoms with Crippen LogP contribution >= 0.6 is 23.2 Å². The SMILES string of the molecule is N=C/C(C(=O)N(CC(=O)c1c(Cl)cncc1Cl)CC1CCOCC1)=C(\NC1CCCCC1)C(F)F. The highest BCUT2D eigenvalue weighted by molar-refractivity contribution is 6.39. The lowest BCUT2D eigenvalue weighted by molar-refractivity contribution is -0.127. The molecule has 7 nitrogen and oxygen atoms in total. The Morgan fingerprint density at radius 1 is 1.14 bits per heavy atom. The van der Waals surface area contributed by atoms with Crippen LogP contribution in [0.15, 0.2) is 23.7 Å². The molecule has 35 heavy (non-hydrogen) atoms. The molecule has 0 unspecified atom stereocenters. The number of ether oxygens (including phenoxy) is 1. The molecule has 1 aromatic heterocycles. The van der Waals surface area contributed by atoms with Crippen molar-refractivity contribution in [1.29, 1.82) is 5.41 Å². The number of halogens is 4. The monoisotopic (exact) mass is 530 g/mol. The number of nitrogens with one attached hydrogen (secondary N) is 2. The Morgan fingerprint density at radius 2 is 1.77 bits per heavy atom. The second-order valence-corrected chi connectivity index (χ2v) is 9.71. The smallest absolute Gasteiger partial charge is 0.278 e. The molecule has 2 fully saturated rings. The number of amides is 1. The highest BCUT2D eigenvalue weighted by atomic mass is 35.5. The van der Waals surface area contributed by atoms with E-state index >= 15 is 0 Å². The van der Waals surface area contributed by atoms with E-state index in [1.165, 1.54) is 17.3 Å². The zero-order valence-corrected chi connectivity index (χ0v) is 20.9. The van der Waals surface area contributed by atoms with Gasteiger partial charge in [-0.2, -0.15) is 0 Å². The highest BCUT2D eigenvalue weighted by Crippen LogP contribution is 2.26. The fraction of sp³-hybridized carbons (Fsp3) is 0.583. The number of aromatic nitrogens is 1. The minimum atomic E-state index is -2.97. The third-order valence-electron chi connectivity index (χ3n) is 6.42. The zero-order valence-electron chi connectivity index (χ0n) is 19.4. The molecular weight excluding hydrogens is 501 g/mol. The third-order valence-corrected chi connectivity index (χ3v) is 6.99. The van der Waals surface area contributed by atoms with Crippen molar-refractivity contribution in [3.63, 3.8) is 0 Å². The number of allylic oxidation sites excluding steroid dienone is 1. The fourth-order valence-electron chi connectivity index (χ4n) is 4.54. The van der Waals surface area contributed by atoms with Crippen LogP contribution in [0.25, 0.3) is 0 Å². The Balaban J connectivity index is 1.91. The molecule has 1 saturated heterocycles. The largest absolute Gasteiger partial charge is 0.381 e. The van der Waals surface area contributed by atoms with Crippen molar-refractivity contribution in [2.75, 3.05) is 26.3 Å². The van der Waals surface area contributed by atoms with Gasteiger partial charge in [0.15, 0.2) is 5.78 Å². The van der Waals surface area contributed by atoms with Crippen LogP contribution in [-0.2, 0) is 9.53 Å². The van der Waals surface area contributed by atoms with E-state index < -0.39 is 35.9 Å². The van der Waals surface area contributed by atoms with Crippen molar-refractivity contribution in [1.82, 2.24) is 15.2 Å². The summed E-state index contributed by atoms with van der Waals surface area (Å²) < 4.78 is 33.6. The molecule has 1 saturated carbocycles. The lowest BCUT2D eigenvalue weighted by Gasteiger charge is -2.31. The number of hydrogen-bond donors (Lipinski definition) is 2. The first kappa shape index (κ1) is 27.5. The van der Waals surface area contributed by atoms with Gasteiger partial charge in [0, 0.05) is 44.4 Å². The Hall–Kier alpha value is -2.10. The minimum Gasteiger partial charge on any atom is -0.381 e. The summed E-state index contributed by atoms with van der Waals surface area (Å²) in [7, 11) is 0. The number of carbonyl (C=O) groups is 2. The van der Waals surface area contributed by atoms with Crippen molar-refractivity contribution < 1.29 is 23.1 Å². The van der Waals surface area contributed by atoms with Crippen LogP contribution in [0, 0.1) is 11.3 Å². The average Bonchev–Trinajstić information content (AvgIpc) is 2.84. The third kappa shape index (κ3) is 7.44. The van der Waals surface area contributed by atoms with Crippen molar-refractivity contribution in [2.45, 2.75) is 57.4 Å². The van der Waals surface area contributed by atoms with Gasteiger partial charge in [-0.3, -0.25) is 14.6 Å². The Labute approximate surface area is 213 Å². The Kier molecular flexibility index (Phi) is 10.4. The molecule has 2 aliphatic rings. The van der Waals surface area contributed by atoms with Crippen LogP contribution in [0.3, 0.4) is 0 Å². The first-order chi connectivity index (χ1) is 16.8. The number of hydrogen-bond acceptors (Lipinski definition) is 6. The predicted molar refractivity (Wildman–Crippen MR) is 131 cm³/mol. The quantitative estimate of drug-likeness (QED) is 0.254. The Bertz CT molecular complexity index is 928. The van der Waals surface area contributed by atoms with Crippen molar-refractivity contribution in [2.24, 2.45) is 5.92 Å². The van der Waals surface area contributed by atoms with Crippen LogP contribution in [0.1, 0.15) is 55.3 Å². The normalized spacial score (nSPS) is 18.2. The molecule has 0 aromatic carbocycles. The molecule has 1 aromatic rings. The molecule has 1 aliphatic carbocycles. The number of pyridine rings is 1. The van der Waals surface area contributed by atoms with Crippen molar-refractivity contribution in [3.05, 3.63) is 39.3 Å². The summed E-state index contributed by atoms with van der Waals surface area (Å²) in [4.78, 5) is 31.7. The number of Topliss-reactive ketones (excluding diaryl/α,β-unsaturated/α-hetero) is 1. The van der Waals surface area contributed by atoms with Crippen LogP contribution < -0.4 is 5.32 Å². The summed E-state index contributed by atoms with van der Waals surface area (Å²) in [6, 6.07) is -0.185. The maximum Gasteiger partial charge on any atom is 0.278 e. The summed E-state index contributed by atoms with van der Waals surface area (Å²) in [5, 5.41) is 10.7. The first-order valence-electron chi connectivity index (χ1n) is 11.8. The Morgan fingerprint density at radius 3 is 2.34 bits per heavy atom. The summed E-state index contributed by atoms with van der Waals surface area (Å²) in [5.74, 6) is -1.32. The van der Waals surface area contributed by atoms with Crippen LogP contribution in [0.2, 0.25) is 10.0 Å². The second-order valence-electron chi connectivity index (χ2n) is 8.89. The van der Waals surface area contributed by atoms with E-state index in [1.54, 1.807) is 0 Å². The van der Waals surface area contributed by atoms with Crippen LogP contribution in [0.5, 0.6) is 0 Å². The zero-order chi connectivity index (χ0) is 25.4. The second kappa shape index (κ2) is 13.3. The molecule has 2 heterocycles. The topological polar surface area (TPSA) is 95.4 Å². The molecular formula is C24H30Cl2F2N4O3. The number of ketones is 1. The highest BCUT2D eigenvalue weighted by Gasteiger charge is 2.31. The number of nitrogens with zero attached hydrogens (tertiary/aromatic N) is 2. The van der Waals surface area contributed by atoms with E-state index in [0.717, 1.165) is 32.1 Å². The summed E-state index contributed by atoms with van der Waals surface area (Å²) in [6.45, 7) is 0.769. The molecule has 3 rings (SSSR count). The van der Waals surface area contributed by atoms with Crippen LogP contribution in [-0.4, -0.2) is 66.6 Å². The van der Waals surface area contributed by atoms with Crippen molar-refractivity contribution >= 4 is 41.1 Å². The average molecular weight is 531 g/mol. The van der Waals surface area contributed by atoms with Gasteiger partial charge < -0.3 is 20.4 Å². The van der Waals surface area contributed by atoms with E-state index in [2.05, 4.69) is 10.3 Å². The summed E-state index contributed by atoms with van der Waals surface area (Å²) >= 11 is 12.3. The van der Waals surface area contributed by atoms with E-state index in [9.17, 15) is 18.4 Å². The molecule has 1 amide bonds. The van der Waals surface area contributed by atoms with Gasteiger partial charge in [0.2, 0.25) is 0 Å². The number of alkyl halides is 2. The molecule has 0 atom stereocenters. The maximum absolute atomic E-state index is 14.1. The van der Waals surface area contributed by atoms with Gasteiger partial charge >= 0.3 is 0 Å². The molecule has 1 aliphatic heterocycles. The van der Waals surface area contributed by atoms with Gasteiger partial charge in [-0.1, -0.05) is 42.5 Å². The first-order valence-corrected chi connectivity index (χ1v) is 12.6. The molecule has 0 radical (unpaired) electrons. The van der Waals surface area contributed by atoms with E-state index in [-0.39, 0.29) is 34.1 Å². The number of carbonyl (C=O) groups excluding carboxylic acids is 2. The van der Waals surface area contributed by atoms with E-state index in [0.29, 0.717) is 32.3 Å². The lowest BCUT2D eigenvalue weighted by Crippen LogP contribution is -2.43. The molecule has 0 bridgehead atoms.